The molecule has 0 fully saturated rings. The fourth-order valence-corrected chi connectivity index (χ4v) is 4.19. The highest BCUT2D eigenvalue weighted by Crippen LogP contribution is 2.28. The Balaban J connectivity index is 1.64. The average molecular weight is 478 g/mol. The van der Waals surface area contributed by atoms with Crippen molar-refractivity contribution in [3.8, 4) is 0 Å². The van der Waals surface area contributed by atoms with E-state index in [-0.39, 0.29) is 29.7 Å². The largest absolute Gasteiger partial charge is 0.755 e. The molecule has 11 heteroatoms. The highest BCUT2D eigenvalue weighted by Gasteiger charge is 2.22. The van der Waals surface area contributed by atoms with Crippen molar-refractivity contribution < 1.29 is 32.9 Å². The molecular formula is C21H21N2O7S2-. The van der Waals surface area contributed by atoms with E-state index >= 15 is 0 Å². The van der Waals surface area contributed by atoms with Gasteiger partial charge < -0.3 is 19.1 Å². The minimum absolute atomic E-state index is 0.0268. The lowest BCUT2D eigenvalue weighted by Crippen LogP contribution is -2.28. The van der Waals surface area contributed by atoms with Crippen LogP contribution in [-0.4, -0.2) is 42.1 Å². The minimum atomic E-state index is -2.75. The third-order valence-electron chi connectivity index (χ3n) is 4.43. The number of hydrogen-bond donors (Lipinski definition) is 1. The van der Waals surface area contributed by atoms with Gasteiger partial charge in [0.1, 0.15) is 17.8 Å². The van der Waals surface area contributed by atoms with Crippen LogP contribution in [0.15, 0.2) is 66.3 Å². The first-order chi connectivity index (χ1) is 15.4. The molecule has 3 rings (SSSR count). The number of aromatic nitrogens is 1. The smallest absolute Gasteiger partial charge is 0.304 e. The van der Waals surface area contributed by atoms with Crippen molar-refractivity contribution in [3.05, 3.63) is 71.9 Å². The van der Waals surface area contributed by atoms with Crippen molar-refractivity contribution in [2.75, 3.05) is 15.8 Å². The number of rotatable bonds is 11. The van der Waals surface area contributed by atoms with Crippen LogP contribution in [0.5, 0.6) is 0 Å². The second-order valence-corrected chi connectivity index (χ2v) is 8.69. The van der Waals surface area contributed by atoms with E-state index in [4.69, 9.17) is 14.6 Å². The molecule has 1 aliphatic heterocycles. The molecule has 170 valence electrons. The number of hydrogen-bond acceptors (Lipinski definition) is 8. The molecule has 1 atom stereocenters. The molecule has 0 amide bonds. The van der Waals surface area contributed by atoms with E-state index in [9.17, 15) is 18.4 Å². The lowest BCUT2D eigenvalue weighted by atomic mass is 10.0. The summed E-state index contributed by atoms with van der Waals surface area (Å²) in [5.41, 5.74) is 1.43. The molecule has 0 saturated carbocycles. The second kappa shape index (κ2) is 11.7. The molecule has 1 aromatic rings. The molecule has 9 nitrogen and oxygen atoms in total. The van der Waals surface area contributed by atoms with E-state index in [0.29, 0.717) is 23.5 Å². The molecule has 0 saturated heterocycles. The highest BCUT2D eigenvalue weighted by molar-refractivity contribution is 8.00. The van der Waals surface area contributed by atoms with E-state index in [1.807, 2.05) is 12.2 Å². The van der Waals surface area contributed by atoms with Crippen LogP contribution >= 0.6 is 11.8 Å². The Morgan fingerprint density at radius 3 is 2.81 bits per heavy atom. The number of anilines is 1. The number of allylic oxidation sites excluding steroid dienone is 4. The van der Waals surface area contributed by atoms with Crippen LogP contribution in [0.1, 0.15) is 36.0 Å². The molecule has 0 spiro atoms. The Labute approximate surface area is 191 Å². The van der Waals surface area contributed by atoms with Crippen LogP contribution in [0.25, 0.3) is 0 Å². The van der Waals surface area contributed by atoms with Gasteiger partial charge in [0.25, 0.3) is 0 Å². The summed E-state index contributed by atoms with van der Waals surface area (Å²) < 4.78 is 35.6. The van der Waals surface area contributed by atoms with Crippen LogP contribution in [0.4, 0.5) is 5.82 Å². The maximum atomic E-state index is 12.2. The lowest BCUT2D eigenvalue weighted by molar-refractivity contribution is -0.136. The van der Waals surface area contributed by atoms with E-state index in [2.05, 4.69) is 11.1 Å². The molecule has 1 aromatic heterocycles. The Morgan fingerprint density at radius 1 is 1.31 bits per heavy atom. The Bertz CT molecular complexity index is 1000. The Morgan fingerprint density at radius 2 is 2.16 bits per heavy atom. The number of carboxylic acid groups (broad SMARTS) is 1. The summed E-state index contributed by atoms with van der Waals surface area (Å²) in [5, 5.41) is 8.63. The summed E-state index contributed by atoms with van der Waals surface area (Å²) in [4.78, 5) is 26.8. The number of thioether (sulfide) groups is 1. The molecule has 0 bridgehead atoms. The van der Waals surface area contributed by atoms with Gasteiger partial charge in [0.05, 0.1) is 23.4 Å². The molecule has 0 radical (unpaired) electrons. The topological polar surface area (TPSA) is 129 Å². The third kappa shape index (κ3) is 6.81. The molecule has 1 unspecified atom stereocenters. The summed E-state index contributed by atoms with van der Waals surface area (Å²) in [6.07, 6.45) is 12.2. The Kier molecular flexibility index (Phi) is 8.65. The zero-order valence-corrected chi connectivity index (χ0v) is 18.6. The molecule has 2 heterocycles. The lowest BCUT2D eigenvalue weighted by Gasteiger charge is -2.29. The van der Waals surface area contributed by atoms with Crippen LogP contribution in [0, 0.1) is 0 Å². The first-order valence-corrected chi connectivity index (χ1v) is 11.9. The van der Waals surface area contributed by atoms with Gasteiger partial charge in [-0.3, -0.25) is 13.8 Å². The number of ketones is 1. The van der Waals surface area contributed by atoms with Crippen LogP contribution in [0.2, 0.25) is 0 Å². The standard InChI is InChI=1S/C21H22N2O7S2/c24-18(14-31-9-8-21(25)26)16-6-7-19(22-11-16)23(32(27)28)20-13-29-12-17(30-20)10-15-4-2-1-3-5-15/h1-2,4,6-7,11-13H,3,5,8-10,14H2,(H,25,26)(H,27,28)/p-1. The number of ether oxygens (including phenoxy) is 2. The maximum Gasteiger partial charge on any atom is 0.304 e. The number of carbonyl (C=O) groups is 2. The summed E-state index contributed by atoms with van der Waals surface area (Å²) in [6.45, 7) is 0. The van der Waals surface area contributed by atoms with Crippen molar-refractivity contribution in [2.45, 2.75) is 25.7 Å². The molecule has 0 aromatic carbocycles. The van der Waals surface area contributed by atoms with Crippen molar-refractivity contribution in [1.29, 1.82) is 0 Å². The number of carbonyl (C=O) groups excluding carboxylic acids is 1. The van der Waals surface area contributed by atoms with Gasteiger partial charge in [-0.1, -0.05) is 23.8 Å². The fraction of sp³-hybridized carbons (Fsp3) is 0.286. The van der Waals surface area contributed by atoms with E-state index < -0.39 is 17.2 Å². The quantitative estimate of drug-likeness (QED) is 0.289. The molecule has 2 aliphatic rings. The van der Waals surface area contributed by atoms with Gasteiger partial charge >= 0.3 is 5.97 Å². The van der Waals surface area contributed by atoms with E-state index in [1.54, 1.807) is 0 Å². The molecule has 32 heavy (non-hydrogen) atoms. The summed E-state index contributed by atoms with van der Waals surface area (Å²) in [7, 11) is 0. The van der Waals surface area contributed by atoms with Crippen molar-refractivity contribution >= 4 is 40.6 Å². The SMILES string of the molecule is O=C(O)CCSCC(=O)c1ccc(N(C2=COC=C(CC3=CC=CCC3)O2)S(=O)[O-])nc1. The monoisotopic (exact) mass is 477 g/mol. The van der Waals surface area contributed by atoms with E-state index in [1.165, 1.54) is 36.4 Å². The number of Topliss-reactive ketones (excluding diaryl/α,β-unsaturated/α-hetero) is 1. The second-order valence-electron chi connectivity index (χ2n) is 6.78. The van der Waals surface area contributed by atoms with Crippen LogP contribution in [-0.2, 0) is 25.5 Å². The van der Waals surface area contributed by atoms with Gasteiger partial charge in [-0.2, -0.15) is 11.8 Å². The first-order valence-electron chi connectivity index (χ1n) is 9.69. The highest BCUT2D eigenvalue weighted by atomic mass is 32.2. The maximum absolute atomic E-state index is 12.2. The zero-order chi connectivity index (χ0) is 22.9. The third-order valence-corrected chi connectivity index (χ3v) is 6.05. The summed E-state index contributed by atoms with van der Waals surface area (Å²) >= 11 is -1.54. The van der Waals surface area contributed by atoms with Crippen molar-refractivity contribution in [1.82, 2.24) is 4.98 Å². The minimum Gasteiger partial charge on any atom is -0.755 e. The summed E-state index contributed by atoms with van der Waals surface area (Å²) in [5.74, 6) is -0.301. The van der Waals surface area contributed by atoms with Gasteiger partial charge in [-0.25, -0.2) is 9.29 Å². The van der Waals surface area contributed by atoms with Gasteiger partial charge in [0.15, 0.2) is 12.0 Å². The molecule has 1 aliphatic carbocycles. The summed E-state index contributed by atoms with van der Waals surface area (Å²) in [6, 6.07) is 2.85. The van der Waals surface area contributed by atoms with Crippen LogP contribution < -0.4 is 4.31 Å². The number of aliphatic carboxylic acids is 1. The van der Waals surface area contributed by atoms with Gasteiger partial charge in [-0.15, -0.1) is 0 Å². The Hall–Kier alpha value is -2.89. The van der Waals surface area contributed by atoms with Gasteiger partial charge in [0, 0.05) is 23.9 Å². The predicted octanol–water partition coefficient (Wildman–Crippen LogP) is 3.43. The number of carboxylic acids is 1. The normalized spacial score (nSPS) is 16.1. The number of nitrogens with zero attached hydrogens (tertiary/aromatic N) is 2. The van der Waals surface area contributed by atoms with Crippen molar-refractivity contribution in [2.24, 2.45) is 0 Å². The van der Waals surface area contributed by atoms with E-state index in [0.717, 1.165) is 29.0 Å². The zero-order valence-electron chi connectivity index (χ0n) is 17.0. The van der Waals surface area contributed by atoms with Gasteiger partial charge in [0.2, 0.25) is 5.88 Å². The average Bonchev–Trinajstić information content (AvgIpc) is 2.78. The van der Waals surface area contributed by atoms with Crippen molar-refractivity contribution in [3.63, 3.8) is 0 Å². The number of pyridine rings is 1. The van der Waals surface area contributed by atoms with Crippen LogP contribution in [0.3, 0.4) is 0 Å². The first kappa shape index (κ1) is 23.8. The van der Waals surface area contributed by atoms with Gasteiger partial charge in [-0.05, 0) is 25.0 Å². The molecule has 1 N–H and O–H groups in total. The fourth-order valence-electron chi connectivity index (χ4n) is 2.88. The molecular weight excluding hydrogens is 456 g/mol. The predicted molar refractivity (Wildman–Crippen MR) is 119 cm³/mol.